The number of nitrogens with one attached hydrogen (secondary N) is 1. The van der Waals surface area contributed by atoms with Crippen LogP contribution in [-0.4, -0.2) is 45.4 Å². The first-order valence-corrected chi connectivity index (χ1v) is 9.98. The third-order valence-corrected chi connectivity index (χ3v) is 5.89. The molecule has 0 saturated carbocycles. The molecular weight excluding hydrogens is 338 g/mol. The molecule has 1 unspecified atom stereocenters. The molecule has 0 amide bonds. The van der Waals surface area contributed by atoms with Gasteiger partial charge in [-0.3, -0.25) is 4.99 Å². The minimum absolute atomic E-state index is 0.266. The van der Waals surface area contributed by atoms with Gasteiger partial charge in [0.1, 0.15) is 11.3 Å². The molecule has 1 atom stereocenters. The van der Waals surface area contributed by atoms with Crippen LogP contribution in [-0.2, 0) is 5.41 Å². The largest absolute Gasteiger partial charge is 0.382 e. The van der Waals surface area contributed by atoms with E-state index in [4.69, 9.17) is 10.7 Å². The van der Waals surface area contributed by atoms with Crippen molar-refractivity contribution in [3.05, 3.63) is 24.3 Å². The van der Waals surface area contributed by atoms with Crippen LogP contribution < -0.4 is 11.1 Å². The van der Waals surface area contributed by atoms with Crippen molar-refractivity contribution in [3.8, 4) is 0 Å². The molecule has 4 rings (SSSR count). The molecule has 2 aliphatic rings. The Morgan fingerprint density at radius 1 is 1.30 bits per heavy atom. The van der Waals surface area contributed by atoms with Crippen LogP contribution in [0.1, 0.15) is 51.4 Å². The number of nitrogen functional groups attached to an aromatic ring is 1. The smallest absolute Gasteiger partial charge is 0.166 e. The predicted octanol–water partition coefficient (Wildman–Crippen LogP) is 2.65. The highest BCUT2D eigenvalue weighted by Gasteiger charge is 2.35. The molecule has 4 heterocycles. The van der Waals surface area contributed by atoms with Gasteiger partial charge >= 0.3 is 0 Å². The highest BCUT2D eigenvalue weighted by molar-refractivity contribution is 5.82. The fourth-order valence-corrected chi connectivity index (χ4v) is 4.15. The Balaban J connectivity index is 1.70. The monoisotopic (exact) mass is 367 g/mol. The zero-order chi connectivity index (χ0) is 18.9. The molecular formula is C20H29N7. The number of aromatic nitrogens is 4. The molecule has 0 aliphatic carbocycles. The van der Waals surface area contributed by atoms with Crippen LogP contribution in [0.2, 0.25) is 0 Å². The zero-order valence-electron chi connectivity index (χ0n) is 16.2. The van der Waals surface area contributed by atoms with Crippen LogP contribution in [0.3, 0.4) is 0 Å². The summed E-state index contributed by atoms with van der Waals surface area (Å²) < 4.78 is 2.06. The van der Waals surface area contributed by atoms with Crippen LogP contribution in [0.5, 0.6) is 0 Å². The van der Waals surface area contributed by atoms with E-state index in [2.05, 4.69) is 44.8 Å². The Kier molecular flexibility index (Phi) is 4.95. The van der Waals surface area contributed by atoms with Gasteiger partial charge in [0.25, 0.3) is 0 Å². The van der Waals surface area contributed by atoms with Crippen LogP contribution in [0, 0.1) is 5.92 Å². The molecule has 1 fully saturated rings. The van der Waals surface area contributed by atoms with Gasteiger partial charge < -0.3 is 15.6 Å². The Hall–Kier alpha value is -2.28. The fourth-order valence-electron chi connectivity index (χ4n) is 4.15. The van der Waals surface area contributed by atoms with E-state index in [0.717, 1.165) is 43.3 Å². The van der Waals surface area contributed by atoms with E-state index in [-0.39, 0.29) is 11.5 Å². The van der Waals surface area contributed by atoms with E-state index in [1.165, 1.54) is 12.8 Å². The molecule has 2 aromatic heterocycles. The number of imidazole rings is 1. The van der Waals surface area contributed by atoms with Crippen LogP contribution >= 0.6 is 0 Å². The molecule has 0 bridgehead atoms. The molecule has 3 N–H and O–H groups in total. The number of dihydropyridines is 1. The maximum atomic E-state index is 6.28. The van der Waals surface area contributed by atoms with Crippen molar-refractivity contribution in [3.63, 3.8) is 0 Å². The number of hydrogen-bond donors (Lipinski definition) is 2. The summed E-state index contributed by atoms with van der Waals surface area (Å²) in [5.74, 6) is 1.99. The lowest BCUT2D eigenvalue weighted by Crippen LogP contribution is -2.34. The summed E-state index contributed by atoms with van der Waals surface area (Å²) >= 11 is 0. The van der Waals surface area contributed by atoms with Crippen LogP contribution in [0.4, 0.5) is 5.82 Å². The van der Waals surface area contributed by atoms with E-state index in [9.17, 15) is 0 Å². The van der Waals surface area contributed by atoms with Gasteiger partial charge in [0.2, 0.25) is 0 Å². The van der Waals surface area contributed by atoms with E-state index < -0.39 is 0 Å². The number of hydrogen-bond acceptors (Lipinski definition) is 6. The van der Waals surface area contributed by atoms with Gasteiger partial charge in [0.05, 0.1) is 18.3 Å². The highest BCUT2D eigenvalue weighted by Crippen LogP contribution is 2.35. The predicted molar refractivity (Wildman–Crippen MR) is 109 cm³/mol. The molecule has 2 aromatic rings. The zero-order valence-corrected chi connectivity index (χ0v) is 16.2. The molecule has 0 radical (unpaired) electrons. The summed E-state index contributed by atoms with van der Waals surface area (Å²) in [6.45, 7) is 7.16. The SMILES string of the molecule is CC(C)n1cnc2c(N)nc(C3(CCC4CCNCC4)C=CC=NC3)nc21. The fraction of sp³-hybridized carbons (Fsp3) is 0.600. The molecule has 0 spiro atoms. The van der Waals surface area contributed by atoms with Crippen molar-refractivity contribution in [1.82, 2.24) is 24.8 Å². The summed E-state index contributed by atoms with van der Waals surface area (Å²) in [5, 5.41) is 3.45. The summed E-state index contributed by atoms with van der Waals surface area (Å²) in [7, 11) is 0. The van der Waals surface area contributed by atoms with Gasteiger partial charge in [0, 0.05) is 12.3 Å². The number of piperidine rings is 1. The lowest BCUT2D eigenvalue weighted by atomic mass is 9.77. The molecule has 2 aliphatic heterocycles. The second-order valence-electron chi connectivity index (χ2n) is 8.09. The molecule has 144 valence electrons. The van der Waals surface area contributed by atoms with Crippen molar-refractivity contribution in [2.24, 2.45) is 10.9 Å². The quantitative estimate of drug-likeness (QED) is 0.847. The summed E-state index contributed by atoms with van der Waals surface area (Å²) in [6.07, 6.45) is 12.5. The Labute approximate surface area is 160 Å². The number of fused-ring (bicyclic) bond motifs is 1. The first-order chi connectivity index (χ1) is 13.1. The summed E-state index contributed by atoms with van der Waals surface area (Å²) in [4.78, 5) is 18.6. The summed E-state index contributed by atoms with van der Waals surface area (Å²) in [5.41, 5.74) is 7.49. The van der Waals surface area contributed by atoms with Crippen molar-refractivity contribution >= 4 is 23.2 Å². The van der Waals surface area contributed by atoms with E-state index in [0.29, 0.717) is 17.9 Å². The standard InChI is InChI=1S/C20H29N7/c1-14(2)27-13-24-16-17(21)25-19(26-18(16)27)20(7-3-9-23-12-20)8-4-15-5-10-22-11-6-15/h3,7,9,13-15,22H,4-6,8,10-12H2,1-2H3,(H2,21,25,26). The topological polar surface area (TPSA) is 94.0 Å². The minimum atomic E-state index is -0.284. The maximum absolute atomic E-state index is 6.28. The van der Waals surface area contributed by atoms with Crippen LogP contribution in [0.25, 0.3) is 11.2 Å². The molecule has 27 heavy (non-hydrogen) atoms. The minimum Gasteiger partial charge on any atom is -0.382 e. The van der Waals surface area contributed by atoms with Crippen molar-refractivity contribution in [1.29, 1.82) is 0 Å². The third kappa shape index (κ3) is 3.48. The van der Waals surface area contributed by atoms with Gasteiger partial charge in [-0.05, 0) is 64.6 Å². The number of aliphatic imine (C=N–C) groups is 1. The normalized spacial score (nSPS) is 23.5. The van der Waals surface area contributed by atoms with Gasteiger partial charge in [0.15, 0.2) is 11.5 Å². The lowest BCUT2D eigenvalue weighted by molar-refractivity contribution is 0.315. The number of nitrogens with two attached hydrogens (primary N) is 1. The number of anilines is 1. The molecule has 0 aromatic carbocycles. The van der Waals surface area contributed by atoms with Gasteiger partial charge in [-0.15, -0.1) is 0 Å². The van der Waals surface area contributed by atoms with E-state index >= 15 is 0 Å². The Morgan fingerprint density at radius 2 is 2.11 bits per heavy atom. The van der Waals surface area contributed by atoms with Gasteiger partial charge in [-0.25, -0.2) is 15.0 Å². The highest BCUT2D eigenvalue weighted by atomic mass is 15.2. The Morgan fingerprint density at radius 3 is 2.81 bits per heavy atom. The molecule has 7 heteroatoms. The van der Waals surface area contributed by atoms with Crippen molar-refractivity contribution < 1.29 is 0 Å². The average molecular weight is 368 g/mol. The molecule has 7 nitrogen and oxygen atoms in total. The van der Waals surface area contributed by atoms with Crippen molar-refractivity contribution in [2.75, 3.05) is 25.4 Å². The number of allylic oxidation sites excluding steroid dienone is 1. The average Bonchev–Trinajstić information content (AvgIpc) is 3.13. The number of rotatable bonds is 5. The lowest BCUT2D eigenvalue weighted by Gasteiger charge is -2.32. The van der Waals surface area contributed by atoms with Gasteiger partial charge in [-0.2, -0.15) is 0 Å². The first kappa shape index (κ1) is 18.1. The first-order valence-electron chi connectivity index (χ1n) is 9.98. The van der Waals surface area contributed by atoms with E-state index in [1.54, 1.807) is 6.33 Å². The van der Waals surface area contributed by atoms with Gasteiger partial charge in [-0.1, -0.05) is 6.08 Å². The molecule has 1 saturated heterocycles. The summed E-state index contributed by atoms with van der Waals surface area (Å²) in [6, 6.07) is 0.266. The van der Waals surface area contributed by atoms with Crippen LogP contribution in [0.15, 0.2) is 23.5 Å². The second kappa shape index (κ2) is 7.38. The second-order valence-corrected chi connectivity index (χ2v) is 8.09. The number of nitrogens with zero attached hydrogens (tertiary/aromatic N) is 5. The van der Waals surface area contributed by atoms with E-state index in [1.807, 2.05) is 12.3 Å². The maximum Gasteiger partial charge on any atom is 0.166 e. The third-order valence-electron chi connectivity index (χ3n) is 5.89. The Bertz CT molecular complexity index is 861. The van der Waals surface area contributed by atoms with Crippen molar-refractivity contribution in [2.45, 2.75) is 51.0 Å².